The quantitative estimate of drug-likeness (QED) is 0.867. The van der Waals surface area contributed by atoms with Crippen molar-refractivity contribution in [1.29, 1.82) is 0 Å². The Morgan fingerprint density at radius 2 is 1.85 bits per heavy atom. The van der Waals surface area contributed by atoms with E-state index in [1.807, 2.05) is 0 Å². The highest BCUT2D eigenvalue weighted by Crippen LogP contribution is 2.24. The number of hydrogen-bond donors (Lipinski definition) is 1. The molecule has 1 aliphatic heterocycles. The van der Waals surface area contributed by atoms with Crippen LogP contribution in [0.1, 0.15) is 30.1 Å². The monoisotopic (exact) mass is 370 g/mol. The molecular formula is C19H22N4O4. The number of carbonyl (C=O) groups excluding carboxylic acids is 2. The van der Waals surface area contributed by atoms with Crippen molar-refractivity contribution in [2.24, 2.45) is 0 Å². The Morgan fingerprint density at radius 3 is 2.52 bits per heavy atom. The Morgan fingerprint density at radius 1 is 1.15 bits per heavy atom. The van der Waals surface area contributed by atoms with Gasteiger partial charge in [0, 0.05) is 37.1 Å². The number of hydrogen-bond acceptors (Lipinski definition) is 6. The zero-order chi connectivity index (χ0) is 19.2. The van der Waals surface area contributed by atoms with Gasteiger partial charge in [0.15, 0.2) is 0 Å². The molecule has 0 bridgehead atoms. The Bertz CT molecular complexity index is 810. The molecule has 1 N–H and O–H groups in total. The van der Waals surface area contributed by atoms with Crippen molar-refractivity contribution in [3.8, 4) is 11.8 Å². The third kappa shape index (κ3) is 4.72. The second kappa shape index (κ2) is 8.48. The van der Waals surface area contributed by atoms with Gasteiger partial charge < -0.3 is 19.7 Å². The highest BCUT2D eigenvalue weighted by molar-refractivity contribution is 5.95. The normalized spacial score (nSPS) is 16.5. The second-order valence-electron chi connectivity index (χ2n) is 6.26. The van der Waals surface area contributed by atoms with Gasteiger partial charge in [0.2, 0.25) is 5.91 Å². The lowest BCUT2D eigenvalue weighted by molar-refractivity contribution is -0.114. The van der Waals surface area contributed by atoms with E-state index in [1.165, 1.54) is 20.2 Å². The fourth-order valence-corrected chi connectivity index (χ4v) is 2.99. The summed E-state index contributed by atoms with van der Waals surface area (Å²) in [5.41, 5.74) is 1.23. The third-order valence-electron chi connectivity index (χ3n) is 4.22. The van der Waals surface area contributed by atoms with Crippen molar-refractivity contribution in [2.75, 3.05) is 25.5 Å². The van der Waals surface area contributed by atoms with Crippen LogP contribution in [-0.2, 0) is 4.79 Å². The topological polar surface area (TPSA) is 93.7 Å². The van der Waals surface area contributed by atoms with E-state index >= 15 is 0 Å². The van der Waals surface area contributed by atoms with Crippen LogP contribution < -0.4 is 14.8 Å². The first kappa shape index (κ1) is 18.6. The fraction of sp³-hybridized carbons (Fsp3) is 0.368. The average molecular weight is 370 g/mol. The number of piperidine rings is 1. The molecule has 2 heterocycles. The molecule has 0 radical (unpaired) electrons. The number of nitrogens with zero attached hydrogens (tertiary/aromatic N) is 3. The number of benzene rings is 1. The van der Waals surface area contributed by atoms with Crippen LogP contribution in [0.25, 0.3) is 0 Å². The van der Waals surface area contributed by atoms with Gasteiger partial charge in [-0.25, -0.2) is 9.97 Å². The van der Waals surface area contributed by atoms with Crippen molar-refractivity contribution in [3.63, 3.8) is 0 Å². The Hall–Kier alpha value is -3.16. The van der Waals surface area contributed by atoms with E-state index in [-0.39, 0.29) is 17.9 Å². The minimum atomic E-state index is -0.174. The van der Waals surface area contributed by atoms with E-state index in [4.69, 9.17) is 9.47 Å². The smallest absolute Gasteiger partial charge is 0.278 e. The number of likely N-dealkylation sites (tertiary alicyclic amines) is 1. The van der Waals surface area contributed by atoms with Crippen LogP contribution in [0.2, 0.25) is 0 Å². The first-order valence-electron chi connectivity index (χ1n) is 8.75. The SMILES string of the molecule is COc1nccnc1OC1CCCN(C(=O)c2ccc(NC(C)=O)cc2)C1. The van der Waals surface area contributed by atoms with Crippen molar-refractivity contribution in [1.82, 2.24) is 14.9 Å². The average Bonchev–Trinajstić information content (AvgIpc) is 2.68. The van der Waals surface area contributed by atoms with E-state index in [9.17, 15) is 9.59 Å². The van der Waals surface area contributed by atoms with E-state index in [0.717, 1.165) is 12.8 Å². The number of amides is 2. The molecule has 0 aliphatic carbocycles. The molecule has 2 aromatic rings. The van der Waals surface area contributed by atoms with Crippen LogP contribution in [0.15, 0.2) is 36.7 Å². The van der Waals surface area contributed by atoms with Gasteiger partial charge in [-0.1, -0.05) is 0 Å². The van der Waals surface area contributed by atoms with Gasteiger partial charge in [0.05, 0.1) is 13.7 Å². The van der Waals surface area contributed by atoms with E-state index in [1.54, 1.807) is 35.4 Å². The predicted molar refractivity (Wildman–Crippen MR) is 98.9 cm³/mol. The third-order valence-corrected chi connectivity index (χ3v) is 4.22. The summed E-state index contributed by atoms with van der Waals surface area (Å²) in [5, 5.41) is 2.69. The van der Waals surface area contributed by atoms with Crippen LogP contribution >= 0.6 is 0 Å². The molecule has 0 saturated carbocycles. The summed E-state index contributed by atoms with van der Waals surface area (Å²) >= 11 is 0. The fourth-order valence-electron chi connectivity index (χ4n) is 2.99. The van der Waals surface area contributed by atoms with Crippen molar-refractivity contribution >= 4 is 17.5 Å². The number of aromatic nitrogens is 2. The minimum absolute atomic E-state index is 0.0659. The lowest BCUT2D eigenvalue weighted by Crippen LogP contribution is -2.44. The van der Waals surface area contributed by atoms with Gasteiger partial charge in [0.1, 0.15) is 6.10 Å². The van der Waals surface area contributed by atoms with Crippen molar-refractivity contribution in [2.45, 2.75) is 25.9 Å². The van der Waals surface area contributed by atoms with Gasteiger partial charge >= 0.3 is 0 Å². The minimum Gasteiger partial charge on any atom is -0.477 e. The first-order valence-corrected chi connectivity index (χ1v) is 8.75. The maximum atomic E-state index is 12.8. The van der Waals surface area contributed by atoms with Gasteiger partial charge in [-0.2, -0.15) is 0 Å². The maximum absolute atomic E-state index is 12.8. The summed E-state index contributed by atoms with van der Waals surface area (Å²) in [6.45, 7) is 2.58. The van der Waals surface area contributed by atoms with Gasteiger partial charge in [-0.15, -0.1) is 0 Å². The second-order valence-corrected chi connectivity index (χ2v) is 6.26. The number of rotatable bonds is 5. The summed E-state index contributed by atoms with van der Waals surface area (Å²) in [4.78, 5) is 33.9. The van der Waals surface area contributed by atoms with Crippen molar-refractivity contribution < 1.29 is 19.1 Å². The molecule has 142 valence electrons. The molecule has 27 heavy (non-hydrogen) atoms. The number of nitrogens with one attached hydrogen (secondary N) is 1. The molecule has 1 aliphatic rings. The Kier molecular flexibility index (Phi) is 5.85. The molecule has 8 nitrogen and oxygen atoms in total. The highest BCUT2D eigenvalue weighted by Gasteiger charge is 2.27. The molecule has 1 fully saturated rings. The van der Waals surface area contributed by atoms with Gasteiger partial charge in [0.25, 0.3) is 17.7 Å². The molecule has 1 aromatic carbocycles. The Balaban J connectivity index is 1.65. The van der Waals surface area contributed by atoms with Gasteiger partial charge in [-0.3, -0.25) is 9.59 Å². The van der Waals surface area contributed by atoms with Crippen LogP contribution in [0.5, 0.6) is 11.8 Å². The number of anilines is 1. The standard InChI is InChI=1S/C19H22N4O4/c1-13(24)22-15-7-5-14(6-8-15)19(25)23-11-3-4-16(12-23)27-18-17(26-2)20-9-10-21-18/h5-10,16H,3-4,11-12H2,1-2H3,(H,22,24). The molecule has 1 saturated heterocycles. The van der Waals surface area contributed by atoms with E-state index in [0.29, 0.717) is 36.1 Å². The molecule has 1 aromatic heterocycles. The summed E-state index contributed by atoms with van der Waals surface area (Å²) in [6, 6.07) is 6.86. The highest BCUT2D eigenvalue weighted by atomic mass is 16.5. The molecule has 1 unspecified atom stereocenters. The van der Waals surface area contributed by atoms with Crippen LogP contribution in [0.4, 0.5) is 5.69 Å². The molecule has 0 spiro atoms. The first-order chi connectivity index (χ1) is 13.1. The summed E-state index contributed by atoms with van der Waals surface area (Å²) in [6.07, 6.45) is 4.56. The van der Waals surface area contributed by atoms with Crippen molar-refractivity contribution in [3.05, 3.63) is 42.2 Å². The molecule has 1 atom stereocenters. The summed E-state index contributed by atoms with van der Waals surface area (Å²) in [7, 11) is 1.51. The number of carbonyl (C=O) groups is 2. The largest absolute Gasteiger partial charge is 0.477 e. The lowest BCUT2D eigenvalue weighted by atomic mass is 10.1. The molecule has 8 heteroatoms. The van der Waals surface area contributed by atoms with Crippen LogP contribution in [0, 0.1) is 0 Å². The number of ether oxygens (including phenoxy) is 2. The van der Waals surface area contributed by atoms with E-state index in [2.05, 4.69) is 15.3 Å². The van der Waals surface area contributed by atoms with Crippen LogP contribution in [0.3, 0.4) is 0 Å². The predicted octanol–water partition coefficient (Wildman–Crippen LogP) is 2.13. The lowest BCUT2D eigenvalue weighted by Gasteiger charge is -2.32. The zero-order valence-electron chi connectivity index (χ0n) is 15.3. The Labute approximate surface area is 157 Å². The molecular weight excluding hydrogens is 348 g/mol. The summed E-state index contributed by atoms with van der Waals surface area (Å²) in [5.74, 6) is 0.446. The molecule has 3 rings (SSSR count). The van der Waals surface area contributed by atoms with Crippen LogP contribution in [-0.4, -0.2) is 53.0 Å². The maximum Gasteiger partial charge on any atom is 0.278 e. The summed E-state index contributed by atoms with van der Waals surface area (Å²) < 4.78 is 11.1. The van der Waals surface area contributed by atoms with Gasteiger partial charge in [-0.05, 0) is 37.1 Å². The molecule has 2 amide bonds. The van der Waals surface area contributed by atoms with E-state index < -0.39 is 0 Å². The number of methoxy groups -OCH3 is 1. The zero-order valence-corrected chi connectivity index (χ0v) is 15.3.